The first-order valence-electron chi connectivity index (χ1n) is 7.71. The average Bonchev–Trinajstić information content (AvgIpc) is 2.56. The first-order valence-corrected chi connectivity index (χ1v) is 7.71. The van der Waals surface area contributed by atoms with E-state index in [1.165, 1.54) is 0 Å². The molecule has 0 aliphatic heterocycles. The van der Waals surface area contributed by atoms with Crippen LogP contribution in [0.15, 0.2) is 60.7 Å². The molecule has 3 nitrogen and oxygen atoms in total. The predicted octanol–water partition coefficient (Wildman–Crippen LogP) is 3.11. The van der Waals surface area contributed by atoms with E-state index in [4.69, 9.17) is 0 Å². The van der Waals surface area contributed by atoms with Crippen molar-refractivity contribution in [2.45, 2.75) is 25.9 Å². The molecule has 0 bridgehead atoms. The van der Waals surface area contributed by atoms with Crippen molar-refractivity contribution in [1.82, 2.24) is 5.32 Å². The summed E-state index contributed by atoms with van der Waals surface area (Å²) in [7, 11) is 0. The molecule has 2 unspecified atom stereocenters. The number of hydrogen-bond acceptors (Lipinski definition) is 2. The van der Waals surface area contributed by atoms with E-state index in [0.717, 1.165) is 17.5 Å². The second kappa shape index (κ2) is 8.35. The van der Waals surface area contributed by atoms with Gasteiger partial charge < -0.3 is 10.4 Å². The molecule has 0 fully saturated rings. The maximum atomic E-state index is 12.1. The Hall–Kier alpha value is -2.13. The molecule has 22 heavy (non-hydrogen) atoms. The number of hydrogen-bond donors (Lipinski definition) is 2. The van der Waals surface area contributed by atoms with Gasteiger partial charge >= 0.3 is 0 Å². The van der Waals surface area contributed by atoms with E-state index >= 15 is 0 Å². The fourth-order valence-corrected chi connectivity index (χ4v) is 2.41. The lowest BCUT2D eigenvalue weighted by Gasteiger charge is -2.14. The van der Waals surface area contributed by atoms with Crippen molar-refractivity contribution in [3.8, 4) is 0 Å². The Morgan fingerprint density at radius 2 is 1.64 bits per heavy atom. The summed E-state index contributed by atoms with van der Waals surface area (Å²) < 4.78 is 0. The third kappa shape index (κ3) is 5.01. The second-order valence-electron chi connectivity index (χ2n) is 5.60. The summed E-state index contributed by atoms with van der Waals surface area (Å²) in [5.74, 6) is -0.0413. The standard InChI is InChI=1S/C19H23NO2/c1-15(14-16-8-4-2-5-9-16)19(22)20-13-12-18(21)17-10-6-3-7-11-17/h2-11,15,18,21H,12-14H2,1H3,(H,20,22). The zero-order valence-electron chi connectivity index (χ0n) is 12.9. The summed E-state index contributed by atoms with van der Waals surface area (Å²) in [4.78, 5) is 12.1. The lowest BCUT2D eigenvalue weighted by atomic mass is 10.0. The van der Waals surface area contributed by atoms with E-state index in [2.05, 4.69) is 5.32 Å². The fraction of sp³-hybridized carbons (Fsp3) is 0.316. The van der Waals surface area contributed by atoms with Gasteiger partial charge in [0.25, 0.3) is 0 Å². The molecule has 3 heteroatoms. The topological polar surface area (TPSA) is 49.3 Å². The lowest BCUT2D eigenvalue weighted by Crippen LogP contribution is -2.31. The van der Waals surface area contributed by atoms with Crippen LogP contribution in [0.4, 0.5) is 0 Å². The molecule has 2 rings (SSSR count). The van der Waals surface area contributed by atoms with Gasteiger partial charge in [0.1, 0.15) is 0 Å². The second-order valence-corrected chi connectivity index (χ2v) is 5.60. The molecule has 2 atom stereocenters. The summed E-state index contributed by atoms with van der Waals surface area (Å²) in [5, 5.41) is 13.0. The first kappa shape index (κ1) is 16.2. The summed E-state index contributed by atoms with van der Waals surface area (Å²) in [6.45, 7) is 2.41. The molecule has 0 aromatic heterocycles. The molecular formula is C19H23NO2. The number of carbonyl (C=O) groups excluding carboxylic acids is 1. The van der Waals surface area contributed by atoms with Crippen molar-refractivity contribution in [2.75, 3.05) is 6.54 Å². The molecule has 2 aromatic rings. The van der Waals surface area contributed by atoms with Crippen molar-refractivity contribution in [1.29, 1.82) is 0 Å². The summed E-state index contributed by atoms with van der Waals surface area (Å²) in [6, 6.07) is 19.5. The molecule has 2 aromatic carbocycles. The highest BCUT2D eigenvalue weighted by Crippen LogP contribution is 2.15. The van der Waals surface area contributed by atoms with Crippen molar-refractivity contribution in [3.63, 3.8) is 0 Å². The predicted molar refractivity (Wildman–Crippen MR) is 88.3 cm³/mol. The van der Waals surface area contributed by atoms with Crippen LogP contribution in [-0.2, 0) is 11.2 Å². The van der Waals surface area contributed by atoms with Crippen LogP contribution in [-0.4, -0.2) is 17.6 Å². The van der Waals surface area contributed by atoms with E-state index in [1.807, 2.05) is 67.6 Å². The van der Waals surface area contributed by atoms with Gasteiger partial charge in [-0.3, -0.25) is 4.79 Å². The summed E-state index contributed by atoms with van der Waals surface area (Å²) in [5.41, 5.74) is 2.04. The van der Waals surface area contributed by atoms with Crippen LogP contribution in [0.1, 0.15) is 30.6 Å². The molecule has 1 amide bonds. The van der Waals surface area contributed by atoms with E-state index in [0.29, 0.717) is 13.0 Å². The Balaban J connectivity index is 1.73. The maximum absolute atomic E-state index is 12.1. The Labute approximate surface area is 132 Å². The SMILES string of the molecule is CC(Cc1ccccc1)C(=O)NCCC(O)c1ccccc1. The first-order chi connectivity index (χ1) is 10.7. The van der Waals surface area contributed by atoms with Crippen molar-refractivity contribution in [2.24, 2.45) is 5.92 Å². The third-order valence-electron chi connectivity index (χ3n) is 3.73. The van der Waals surface area contributed by atoms with Gasteiger partial charge in [-0.2, -0.15) is 0 Å². The molecule has 0 saturated heterocycles. The van der Waals surface area contributed by atoms with E-state index in [-0.39, 0.29) is 11.8 Å². The van der Waals surface area contributed by atoms with Gasteiger partial charge in [0.15, 0.2) is 0 Å². The molecule has 2 N–H and O–H groups in total. The van der Waals surface area contributed by atoms with E-state index < -0.39 is 6.10 Å². The van der Waals surface area contributed by atoms with Crippen molar-refractivity contribution in [3.05, 3.63) is 71.8 Å². The smallest absolute Gasteiger partial charge is 0.223 e. The van der Waals surface area contributed by atoms with Gasteiger partial charge in [-0.25, -0.2) is 0 Å². The van der Waals surface area contributed by atoms with Crippen LogP contribution in [0, 0.1) is 5.92 Å². The normalized spacial score (nSPS) is 13.4. The molecule has 116 valence electrons. The number of benzene rings is 2. The van der Waals surface area contributed by atoms with Gasteiger partial charge in [-0.15, -0.1) is 0 Å². The Morgan fingerprint density at radius 3 is 2.27 bits per heavy atom. The maximum Gasteiger partial charge on any atom is 0.223 e. The Bertz CT molecular complexity index is 569. The number of nitrogens with one attached hydrogen (secondary N) is 1. The fourth-order valence-electron chi connectivity index (χ4n) is 2.41. The van der Waals surface area contributed by atoms with Gasteiger partial charge in [0.05, 0.1) is 6.10 Å². The number of carbonyl (C=O) groups is 1. The summed E-state index contributed by atoms with van der Waals surface area (Å²) in [6.07, 6.45) is 0.716. The minimum Gasteiger partial charge on any atom is -0.388 e. The Kier molecular flexibility index (Phi) is 6.16. The number of aliphatic hydroxyl groups is 1. The van der Waals surface area contributed by atoms with Crippen LogP contribution >= 0.6 is 0 Å². The lowest BCUT2D eigenvalue weighted by molar-refractivity contribution is -0.124. The minimum atomic E-state index is -0.536. The largest absolute Gasteiger partial charge is 0.388 e. The highest BCUT2D eigenvalue weighted by atomic mass is 16.3. The number of amides is 1. The summed E-state index contributed by atoms with van der Waals surface area (Å²) >= 11 is 0. The molecule has 0 saturated carbocycles. The van der Waals surface area contributed by atoms with Crippen LogP contribution < -0.4 is 5.32 Å². The third-order valence-corrected chi connectivity index (χ3v) is 3.73. The molecule has 0 heterocycles. The highest BCUT2D eigenvalue weighted by molar-refractivity contribution is 5.78. The molecular weight excluding hydrogens is 274 g/mol. The molecule has 0 aliphatic carbocycles. The van der Waals surface area contributed by atoms with Crippen molar-refractivity contribution < 1.29 is 9.90 Å². The molecule has 0 spiro atoms. The average molecular weight is 297 g/mol. The zero-order valence-corrected chi connectivity index (χ0v) is 12.9. The Morgan fingerprint density at radius 1 is 1.05 bits per heavy atom. The van der Waals surface area contributed by atoms with Crippen LogP contribution in [0.2, 0.25) is 0 Å². The van der Waals surface area contributed by atoms with E-state index in [9.17, 15) is 9.90 Å². The number of rotatable bonds is 7. The van der Waals surface area contributed by atoms with Crippen LogP contribution in [0.25, 0.3) is 0 Å². The van der Waals surface area contributed by atoms with Crippen molar-refractivity contribution >= 4 is 5.91 Å². The van der Waals surface area contributed by atoms with Gasteiger partial charge in [-0.05, 0) is 24.0 Å². The van der Waals surface area contributed by atoms with Gasteiger partial charge in [0, 0.05) is 12.5 Å². The zero-order chi connectivity index (χ0) is 15.8. The van der Waals surface area contributed by atoms with E-state index in [1.54, 1.807) is 0 Å². The minimum absolute atomic E-state index is 0.0316. The molecule has 0 aliphatic rings. The van der Waals surface area contributed by atoms with Crippen LogP contribution in [0.3, 0.4) is 0 Å². The quantitative estimate of drug-likeness (QED) is 0.825. The van der Waals surface area contributed by atoms with Gasteiger partial charge in [0.2, 0.25) is 5.91 Å². The monoisotopic (exact) mass is 297 g/mol. The highest BCUT2D eigenvalue weighted by Gasteiger charge is 2.14. The van der Waals surface area contributed by atoms with Crippen LogP contribution in [0.5, 0.6) is 0 Å². The molecule has 0 radical (unpaired) electrons. The van der Waals surface area contributed by atoms with Gasteiger partial charge in [-0.1, -0.05) is 67.6 Å². The number of aliphatic hydroxyl groups excluding tert-OH is 1.